The summed E-state index contributed by atoms with van der Waals surface area (Å²) in [5.41, 5.74) is 0. The van der Waals surface area contributed by atoms with E-state index in [1.54, 1.807) is 0 Å². The van der Waals surface area contributed by atoms with Crippen LogP contribution in [0.5, 0.6) is 0 Å². The fraction of sp³-hybridized carbons (Fsp3) is 0.909. The molecule has 2 unspecified atom stereocenters. The highest BCUT2D eigenvalue weighted by Gasteiger charge is 2.27. The van der Waals surface area contributed by atoms with Crippen molar-refractivity contribution in [1.82, 2.24) is 0 Å². The summed E-state index contributed by atoms with van der Waals surface area (Å²) in [6.45, 7) is 3.85. The monoisotopic (exact) mass is 264 g/mol. The second-order valence-electron chi connectivity index (χ2n) is 4.05. The zero-order valence-corrected chi connectivity index (χ0v) is 10.4. The first-order valence-corrected chi connectivity index (χ1v) is 6.00. The molecule has 7 heteroatoms. The van der Waals surface area contributed by atoms with Crippen molar-refractivity contribution < 1.29 is 34.0 Å². The third-order valence-corrected chi connectivity index (χ3v) is 2.13. The van der Waals surface area contributed by atoms with E-state index in [1.165, 1.54) is 0 Å². The molecule has 0 aromatic carbocycles. The zero-order valence-electron chi connectivity index (χ0n) is 10.4. The summed E-state index contributed by atoms with van der Waals surface area (Å²) in [5, 5.41) is 16.2. The number of hydrogen-bond acceptors (Lipinski definition) is 7. The van der Waals surface area contributed by atoms with Crippen molar-refractivity contribution in [2.45, 2.75) is 38.3 Å². The molecule has 2 atom stereocenters. The number of carbonyl (C=O) groups is 1. The van der Waals surface area contributed by atoms with Crippen LogP contribution in [0, 0.1) is 0 Å². The average Bonchev–Trinajstić information content (AvgIpc) is 3.16. The van der Waals surface area contributed by atoms with Crippen LogP contribution in [-0.4, -0.2) is 61.3 Å². The molecule has 0 aromatic heterocycles. The first-order valence-electron chi connectivity index (χ1n) is 6.00. The molecule has 0 amide bonds. The summed E-state index contributed by atoms with van der Waals surface area (Å²) in [7, 11) is 0. The fourth-order valence-corrected chi connectivity index (χ4v) is 0.950. The standard InChI is InChI=1S/C7H10O5.C4H10O2/c8-7(11-3-5-1-9-5)12-4-6-2-10-6;1-2-3-4(5)6/h5-6H,1-4H2;4-6H,2-3H2,1H3. The van der Waals surface area contributed by atoms with E-state index in [9.17, 15) is 4.79 Å². The van der Waals surface area contributed by atoms with E-state index in [0.29, 0.717) is 32.8 Å². The summed E-state index contributed by atoms with van der Waals surface area (Å²) in [6.07, 6.45) is -0.238. The third-order valence-electron chi connectivity index (χ3n) is 2.13. The maximum absolute atomic E-state index is 10.8. The third kappa shape index (κ3) is 9.17. The van der Waals surface area contributed by atoms with Gasteiger partial charge in [0.25, 0.3) is 0 Å². The first kappa shape index (κ1) is 15.2. The molecule has 2 N–H and O–H groups in total. The molecule has 2 rings (SSSR count). The number of rotatable bonds is 6. The Morgan fingerprint density at radius 2 is 1.67 bits per heavy atom. The van der Waals surface area contributed by atoms with Gasteiger partial charge in [0.1, 0.15) is 25.4 Å². The maximum atomic E-state index is 10.8. The van der Waals surface area contributed by atoms with Crippen molar-refractivity contribution in [3.05, 3.63) is 0 Å². The SMILES string of the molecule is CCCC(O)O.O=C(OCC1CO1)OCC1CO1. The summed E-state index contributed by atoms with van der Waals surface area (Å²) in [5.74, 6) is 0. The molecule has 7 nitrogen and oxygen atoms in total. The van der Waals surface area contributed by atoms with Crippen LogP contribution in [0.4, 0.5) is 4.79 Å². The van der Waals surface area contributed by atoms with E-state index < -0.39 is 12.4 Å². The normalized spacial score (nSPS) is 24.0. The second-order valence-corrected chi connectivity index (χ2v) is 4.05. The summed E-state index contributed by atoms with van der Waals surface area (Å²) in [6, 6.07) is 0. The van der Waals surface area contributed by atoms with E-state index >= 15 is 0 Å². The van der Waals surface area contributed by atoms with Crippen LogP contribution in [0.2, 0.25) is 0 Å². The van der Waals surface area contributed by atoms with Crippen LogP contribution < -0.4 is 0 Å². The van der Waals surface area contributed by atoms with Gasteiger partial charge in [0.2, 0.25) is 0 Å². The Morgan fingerprint density at radius 3 is 1.89 bits per heavy atom. The molecule has 2 aliphatic heterocycles. The number of ether oxygens (including phenoxy) is 4. The molecule has 2 saturated heterocycles. The lowest BCUT2D eigenvalue weighted by Gasteiger charge is -2.02. The fourth-order valence-electron chi connectivity index (χ4n) is 0.950. The number of hydrogen-bond donors (Lipinski definition) is 2. The Labute approximate surface area is 106 Å². The number of aliphatic hydroxyl groups is 2. The quantitative estimate of drug-likeness (QED) is 0.396. The molecular weight excluding hydrogens is 244 g/mol. The molecule has 0 radical (unpaired) electrons. The Hall–Kier alpha value is -0.890. The summed E-state index contributed by atoms with van der Waals surface area (Å²) >= 11 is 0. The van der Waals surface area contributed by atoms with Gasteiger partial charge in [-0.15, -0.1) is 0 Å². The van der Waals surface area contributed by atoms with Crippen molar-refractivity contribution in [1.29, 1.82) is 0 Å². The van der Waals surface area contributed by atoms with Crippen molar-refractivity contribution in [2.24, 2.45) is 0 Å². The minimum atomic E-state index is -1.10. The minimum absolute atomic E-state index is 0.0923. The molecule has 0 aromatic rings. The van der Waals surface area contributed by atoms with Gasteiger partial charge in [0, 0.05) is 0 Å². The van der Waals surface area contributed by atoms with Gasteiger partial charge < -0.3 is 29.2 Å². The van der Waals surface area contributed by atoms with Crippen LogP contribution in [0.1, 0.15) is 19.8 Å². The Bertz CT molecular complexity index is 218. The highest BCUT2D eigenvalue weighted by molar-refractivity contribution is 5.59. The smallest absolute Gasteiger partial charge is 0.431 e. The van der Waals surface area contributed by atoms with E-state index in [4.69, 9.17) is 29.2 Å². The van der Waals surface area contributed by atoms with Crippen LogP contribution >= 0.6 is 0 Å². The average molecular weight is 264 g/mol. The lowest BCUT2D eigenvalue weighted by Crippen LogP contribution is -2.14. The Kier molecular flexibility index (Phi) is 6.96. The van der Waals surface area contributed by atoms with Gasteiger partial charge in [-0.3, -0.25) is 0 Å². The Morgan fingerprint density at radius 1 is 1.22 bits per heavy atom. The molecule has 106 valence electrons. The maximum Gasteiger partial charge on any atom is 0.508 e. The van der Waals surface area contributed by atoms with Crippen LogP contribution in [0.3, 0.4) is 0 Å². The van der Waals surface area contributed by atoms with Crippen molar-refractivity contribution in [2.75, 3.05) is 26.4 Å². The molecule has 0 bridgehead atoms. The van der Waals surface area contributed by atoms with E-state index in [-0.39, 0.29) is 12.2 Å². The van der Waals surface area contributed by atoms with E-state index in [2.05, 4.69) is 0 Å². The topological polar surface area (TPSA) is 101 Å². The molecular formula is C11H20O7. The second kappa shape index (κ2) is 8.25. The molecule has 18 heavy (non-hydrogen) atoms. The van der Waals surface area contributed by atoms with Crippen molar-refractivity contribution >= 4 is 6.16 Å². The lowest BCUT2D eigenvalue weighted by molar-refractivity contribution is -0.0453. The van der Waals surface area contributed by atoms with Gasteiger partial charge in [-0.25, -0.2) is 4.79 Å². The molecule has 2 fully saturated rings. The molecule has 0 aliphatic carbocycles. The highest BCUT2D eigenvalue weighted by atomic mass is 16.7. The molecule has 0 saturated carbocycles. The van der Waals surface area contributed by atoms with E-state index in [0.717, 1.165) is 6.42 Å². The first-order chi connectivity index (χ1) is 8.61. The zero-order chi connectivity index (χ0) is 13.4. The molecule has 0 spiro atoms. The lowest BCUT2D eigenvalue weighted by atomic mass is 10.3. The van der Waals surface area contributed by atoms with Gasteiger partial charge in [-0.1, -0.05) is 13.3 Å². The predicted octanol–water partition coefficient (Wildman–Crippen LogP) is 0.0344. The largest absolute Gasteiger partial charge is 0.508 e. The van der Waals surface area contributed by atoms with Crippen LogP contribution in [0.25, 0.3) is 0 Å². The van der Waals surface area contributed by atoms with Crippen LogP contribution in [-0.2, 0) is 18.9 Å². The van der Waals surface area contributed by atoms with Gasteiger partial charge in [0.05, 0.1) is 13.2 Å². The van der Waals surface area contributed by atoms with Gasteiger partial charge in [-0.2, -0.15) is 0 Å². The number of aliphatic hydroxyl groups excluding tert-OH is 1. The van der Waals surface area contributed by atoms with Crippen LogP contribution in [0.15, 0.2) is 0 Å². The molecule has 2 heterocycles. The summed E-state index contributed by atoms with van der Waals surface area (Å²) in [4.78, 5) is 10.8. The number of carbonyl (C=O) groups excluding carboxylic acids is 1. The Balaban J connectivity index is 0.000000232. The van der Waals surface area contributed by atoms with Gasteiger partial charge in [0.15, 0.2) is 6.29 Å². The van der Waals surface area contributed by atoms with Crippen molar-refractivity contribution in [3.8, 4) is 0 Å². The predicted molar refractivity (Wildman–Crippen MR) is 59.9 cm³/mol. The van der Waals surface area contributed by atoms with Gasteiger partial charge in [-0.05, 0) is 6.42 Å². The highest BCUT2D eigenvalue weighted by Crippen LogP contribution is 2.11. The van der Waals surface area contributed by atoms with Gasteiger partial charge >= 0.3 is 6.16 Å². The summed E-state index contributed by atoms with van der Waals surface area (Å²) < 4.78 is 19.1. The minimum Gasteiger partial charge on any atom is -0.431 e. The van der Waals surface area contributed by atoms with E-state index in [1.807, 2.05) is 6.92 Å². The van der Waals surface area contributed by atoms with Crippen molar-refractivity contribution in [3.63, 3.8) is 0 Å². The number of epoxide rings is 2. The molecule has 2 aliphatic rings.